The van der Waals surface area contributed by atoms with Crippen LogP contribution in [0.3, 0.4) is 0 Å². The Balaban J connectivity index is 2.32. The number of rotatable bonds is 4. The molecule has 0 fully saturated rings. The molecule has 0 atom stereocenters. The molecule has 0 saturated heterocycles. The minimum atomic E-state index is 0.0217. The molecular weight excluding hydrogens is 238 g/mol. The van der Waals surface area contributed by atoms with E-state index in [1.54, 1.807) is 29.7 Å². The normalized spacial score (nSPS) is 10.2. The number of amides is 1. The Morgan fingerprint density at radius 2 is 1.74 bits per heavy atom. The van der Waals surface area contributed by atoms with Gasteiger partial charge >= 0.3 is 0 Å². The predicted molar refractivity (Wildman–Crippen MR) is 74.7 cm³/mol. The number of hydrogen-bond donors (Lipinski definition) is 0. The largest absolute Gasteiger partial charge is 0.339 e. The molecule has 19 heavy (non-hydrogen) atoms. The maximum atomic E-state index is 12.3. The second kappa shape index (κ2) is 6.09. The number of aromatic nitrogens is 2. The lowest BCUT2D eigenvalue weighted by Crippen LogP contribution is -2.30. The van der Waals surface area contributed by atoms with Gasteiger partial charge in [0, 0.05) is 43.4 Å². The van der Waals surface area contributed by atoms with Gasteiger partial charge in [-0.3, -0.25) is 14.8 Å². The van der Waals surface area contributed by atoms with E-state index >= 15 is 0 Å². The van der Waals surface area contributed by atoms with Crippen molar-refractivity contribution in [3.8, 4) is 11.1 Å². The molecule has 0 unspecified atom stereocenters. The van der Waals surface area contributed by atoms with Gasteiger partial charge < -0.3 is 4.90 Å². The van der Waals surface area contributed by atoms with E-state index in [9.17, 15) is 4.79 Å². The molecule has 0 aliphatic carbocycles. The molecule has 0 spiro atoms. The Morgan fingerprint density at radius 1 is 1.05 bits per heavy atom. The van der Waals surface area contributed by atoms with Crippen molar-refractivity contribution >= 4 is 5.91 Å². The fourth-order valence-corrected chi connectivity index (χ4v) is 1.95. The highest BCUT2D eigenvalue weighted by Crippen LogP contribution is 2.18. The lowest BCUT2D eigenvalue weighted by molar-refractivity contribution is 0.0772. The van der Waals surface area contributed by atoms with Crippen LogP contribution in [-0.4, -0.2) is 33.9 Å². The quantitative estimate of drug-likeness (QED) is 0.843. The molecule has 2 aromatic rings. The molecule has 0 aliphatic rings. The van der Waals surface area contributed by atoms with Crippen LogP contribution in [0.5, 0.6) is 0 Å². The molecule has 2 heterocycles. The van der Waals surface area contributed by atoms with E-state index in [2.05, 4.69) is 9.97 Å². The van der Waals surface area contributed by atoms with Crippen molar-refractivity contribution in [2.24, 2.45) is 0 Å². The summed E-state index contributed by atoms with van der Waals surface area (Å²) < 4.78 is 0. The van der Waals surface area contributed by atoms with E-state index in [0.717, 1.165) is 11.1 Å². The van der Waals surface area contributed by atoms with Crippen LogP contribution in [0, 0.1) is 0 Å². The van der Waals surface area contributed by atoms with E-state index in [1.165, 1.54) is 0 Å². The first-order chi connectivity index (χ1) is 9.26. The van der Waals surface area contributed by atoms with Crippen LogP contribution in [0.25, 0.3) is 11.1 Å². The van der Waals surface area contributed by atoms with Crippen molar-refractivity contribution in [2.45, 2.75) is 13.8 Å². The van der Waals surface area contributed by atoms with Crippen LogP contribution in [0.1, 0.15) is 24.2 Å². The fourth-order valence-electron chi connectivity index (χ4n) is 1.95. The van der Waals surface area contributed by atoms with Gasteiger partial charge in [0.05, 0.1) is 5.56 Å². The Hall–Kier alpha value is -2.23. The third kappa shape index (κ3) is 2.96. The number of carbonyl (C=O) groups is 1. The second-order valence-electron chi connectivity index (χ2n) is 4.18. The van der Waals surface area contributed by atoms with E-state index in [-0.39, 0.29) is 5.91 Å². The summed E-state index contributed by atoms with van der Waals surface area (Å²) in [6.45, 7) is 5.35. The summed E-state index contributed by atoms with van der Waals surface area (Å²) in [5, 5.41) is 0. The monoisotopic (exact) mass is 255 g/mol. The van der Waals surface area contributed by atoms with Crippen LogP contribution < -0.4 is 0 Å². The van der Waals surface area contributed by atoms with Crippen molar-refractivity contribution < 1.29 is 4.79 Å². The maximum Gasteiger partial charge on any atom is 0.255 e. The lowest BCUT2D eigenvalue weighted by atomic mass is 10.1. The van der Waals surface area contributed by atoms with Crippen molar-refractivity contribution in [3.05, 3.63) is 48.5 Å². The summed E-state index contributed by atoms with van der Waals surface area (Å²) in [6.07, 6.45) is 6.84. The molecule has 1 amide bonds. The van der Waals surface area contributed by atoms with Gasteiger partial charge in [-0.1, -0.05) is 0 Å². The Morgan fingerprint density at radius 3 is 2.37 bits per heavy atom. The zero-order valence-corrected chi connectivity index (χ0v) is 11.2. The fraction of sp³-hybridized carbons (Fsp3) is 0.267. The Bertz CT molecular complexity index is 550. The first-order valence-corrected chi connectivity index (χ1v) is 6.41. The highest BCUT2D eigenvalue weighted by molar-refractivity contribution is 5.95. The zero-order valence-electron chi connectivity index (χ0n) is 11.2. The van der Waals surface area contributed by atoms with Crippen molar-refractivity contribution in [1.82, 2.24) is 14.9 Å². The van der Waals surface area contributed by atoms with Crippen LogP contribution in [-0.2, 0) is 0 Å². The summed E-state index contributed by atoms with van der Waals surface area (Å²) in [4.78, 5) is 22.2. The third-order valence-electron chi connectivity index (χ3n) is 3.05. The van der Waals surface area contributed by atoms with E-state index in [4.69, 9.17) is 0 Å². The van der Waals surface area contributed by atoms with Gasteiger partial charge in [0.2, 0.25) is 0 Å². The molecule has 2 aromatic heterocycles. The zero-order chi connectivity index (χ0) is 13.7. The average Bonchev–Trinajstić information content (AvgIpc) is 2.49. The van der Waals surface area contributed by atoms with Crippen LogP contribution in [0.4, 0.5) is 0 Å². The van der Waals surface area contributed by atoms with Gasteiger partial charge in [-0.05, 0) is 37.6 Å². The van der Waals surface area contributed by atoms with Crippen molar-refractivity contribution in [1.29, 1.82) is 0 Å². The van der Waals surface area contributed by atoms with E-state index < -0.39 is 0 Å². The van der Waals surface area contributed by atoms with Crippen LogP contribution in [0.2, 0.25) is 0 Å². The molecular formula is C15H17N3O. The molecule has 0 aliphatic heterocycles. The minimum Gasteiger partial charge on any atom is -0.339 e. The van der Waals surface area contributed by atoms with Gasteiger partial charge in [-0.25, -0.2) is 0 Å². The van der Waals surface area contributed by atoms with E-state index in [1.807, 2.05) is 32.0 Å². The first-order valence-electron chi connectivity index (χ1n) is 6.41. The lowest BCUT2D eigenvalue weighted by Gasteiger charge is -2.18. The second-order valence-corrected chi connectivity index (χ2v) is 4.18. The molecule has 98 valence electrons. The maximum absolute atomic E-state index is 12.3. The molecule has 0 bridgehead atoms. The summed E-state index contributed by atoms with van der Waals surface area (Å²) >= 11 is 0. The van der Waals surface area contributed by atoms with Gasteiger partial charge in [-0.15, -0.1) is 0 Å². The molecule has 4 nitrogen and oxygen atoms in total. The Kier molecular flexibility index (Phi) is 4.23. The highest BCUT2D eigenvalue weighted by atomic mass is 16.2. The van der Waals surface area contributed by atoms with Crippen molar-refractivity contribution in [2.75, 3.05) is 13.1 Å². The predicted octanol–water partition coefficient (Wildman–Crippen LogP) is 2.63. The number of pyridine rings is 2. The molecule has 4 heteroatoms. The Labute approximate surface area is 113 Å². The van der Waals surface area contributed by atoms with Crippen LogP contribution >= 0.6 is 0 Å². The molecule has 2 rings (SSSR count). The summed E-state index contributed by atoms with van der Waals surface area (Å²) in [5.41, 5.74) is 2.56. The SMILES string of the molecule is CCN(CC)C(=O)c1cncc(-c2ccncc2)c1. The molecule has 0 N–H and O–H groups in total. The molecule has 0 radical (unpaired) electrons. The molecule has 0 aromatic carbocycles. The highest BCUT2D eigenvalue weighted by Gasteiger charge is 2.13. The van der Waals surface area contributed by atoms with E-state index in [0.29, 0.717) is 18.7 Å². The molecule has 0 saturated carbocycles. The average molecular weight is 255 g/mol. The van der Waals surface area contributed by atoms with Crippen molar-refractivity contribution in [3.63, 3.8) is 0 Å². The summed E-state index contributed by atoms with van der Waals surface area (Å²) in [5.74, 6) is 0.0217. The smallest absolute Gasteiger partial charge is 0.255 e. The topological polar surface area (TPSA) is 46.1 Å². The first kappa shape index (κ1) is 13.2. The van der Waals surface area contributed by atoms with Gasteiger partial charge in [0.25, 0.3) is 5.91 Å². The van der Waals surface area contributed by atoms with Crippen LogP contribution in [0.15, 0.2) is 43.0 Å². The minimum absolute atomic E-state index is 0.0217. The van der Waals surface area contributed by atoms with Gasteiger partial charge in [0.15, 0.2) is 0 Å². The number of carbonyl (C=O) groups excluding carboxylic acids is 1. The van der Waals surface area contributed by atoms with Gasteiger partial charge in [-0.2, -0.15) is 0 Å². The summed E-state index contributed by atoms with van der Waals surface area (Å²) in [7, 11) is 0. The third-order valence-corrected chi connectivity index (χ3v) is 3.05. The number of hydrogen-bond acceptors (Lipinski definition) is 3. The number of nitrogens with zero attached hydrogens (tertiary/aromatic N) is 3. The van der Waals surface area contributed by atoms with Gasteiger partial charge in [0.1, 0.15) is 0 Å². The summed E-state index contributed by atoms with van der Waals surface area (Å²) in [6, 6.07) is 5.69. The standard InChI is InChI=1S/C15H17N3O/c1-3-18(4-2)15(19)14-9-13(10-17-11-14)12-5-7-16-8-6-12/h5-11H,3-4H2,1-2H3.